The molecule has 2 aromatic carbocycles. The molecule has 1 amide bonds. The summed E-state index contributed by atoms with van der Waals surface area (Å²) in [5.74, 6) is 0.120. The largest absolute Gasteiger partial charge is 0.305 e. The zero-order chi connectivity index (χ0) is 17.6. The van der Waals surface area contributed by atoms with Crippen LogP contribution in [0.3, 0.4) is 0 Å². The number of anilines is 1. The maximum absolute atomic E-state index is 13.3. The number of hydrogen-bond acceptors (Lipinski definition) is 1. The van der Waals surface area contributed by atoms with Gasteiger partial charge in [0.2, 0.25) is 6.33 Å². The molecule has 0 saturated carbocycles. The molecule has 0 N–H and O–H groups in total. The van der Waals surface area contributed by atoms with Gasteiger partial charge < -0.3 is 4.90 Å². The van der Waals surface area contributed by atoms with Crippen LogP contribution in [0, 0.1) is 0 Å². The number of rotatable bonds is 3. The first-order chi connectivity index (χ1) is 12.1. The molecule has 0 radical (unpaired) electrons. The monoisotopic (exact) mass is 332 g/mol. The molecule has 126 valence electrons. The molecule has 4 rings (SSSR count). The maximum atomic E-state index is 13.3. The quantitative estimate of drug-likeness (QED) is 0.674. The Bertz CT molecular complexity index is 972. The van der Waals surface area contributed by atoms with Crippen molar-refractivity contribution >= 4 is 28.8 Å². The Labute approximate surface area is 147 Å². The van der Waals surface area contributed by atoms with Crippen molar-refractivity contribution in [3.8, 4) is 0 Å². The third-order valence-electron chi connectivity index (χ3n) is 5.10. The summed E-state index contributed by atoms with van der Waals surface area (Å²) in [5.41, 5.74) is 4.37. The van der Waals surface area contributed by atoms with E-state index >= 15 is 0 Å². The summed E-state index contributed by atoms with van der Waals surface area (Å²) in [6.07, 6.45) is 4.63. The van der Waals surface area contributed by atoms with Crippen LogP contribution in [-0.4, -0.2) is 16.5 Å². The minimum Gasteiger partial charge on any atom is -0.305 e. The second-order valence-corrected chi connectivity index (χ2v) is 6.67. The summed E-state index contributed by atoms with van der Waals surface area (Å²) < 4.78 is 3.99. The zero-order valence-corrected chi connectivity index (χ0v) is 14.6. The average Bonchev–Trinajstić information content (AvgIpc) is 3.17. The second kappa shape index (κ2) is 5.88. The van der Waals surface area contributed by atoms with E-state index < -0.39 is 0 Å². The molecular weight excluding hydrogens is 310 g/mol. The first kappa shape index (κ1) is 15.6. The number of carbonyl (C=O) groups is 1. The van der Waals surface area contributed by atoms with Crippen molar-refractivity contribution in [3.63, 3.8) is 0 Å². The topological polar surface area (TPSA) is 29.1 Å². The fourth-order valence-electron chi connectivity index (χ4n) is 3.84. The molecule has 4 nitrogen and oxygen atoms in total. The highest BCUT2D eigenvalue weighted by molar-refractivity contribution is 5.97. The average molecular weight is 332 g/mol. The standard InChI is InChI=1S/C21H22N3O/c1-4-22-14-23(20-12-8-7-11-19(20)22)16(3)21(25)24-15(2)13-17-9-5-6-10-18(17)24/h4-12,14-16H,1,13H2,2-3H3/q+1/t15-,16-/m0/s1. The zero-order valence-electron chi connectivity index (χ0n) is 14.6. The van der Waals surface area contributed by atoms with E-state index in [4.69, 9.17) is 0 Å². The number of para-hydroxylation sites is 3. The molecule has 2 atom stereocenters. The number of fused-ring (bicyclic) bond motifs is 2. The Morgan fingerprint density at radius 2 is 1.96 bits per heavy atom. The Balaban J connectivity index is 1.76. The van der Waals surface area contributed by atoms with Crippen molar-refractivity contribution in [2.24, 2.45) is 0 Å². The first-order valence-electron chi connectivity index (χ1n) is 8.66. The Morgan fingerprint density at radius 3 is 2.76 bits per heavy atom. The van der Waals surface area contributed by atoms with Crippen LogP contribution < -0.4 is 9.47 Å². The van der Waals surface area contributed by atoms with E-state index in [1.807, 2.05) is 69.7 Å². The molecule has 4 heteroatoms. The number of carbonyl (C=O) groups excluding carboxylic acids is 1. The van der Waals surface area contributed by atoms with Gasteiger partial charge >= 0.3 is 0 Å². The fraction of sp³-hybridized carbons (Fsp3) is 0.238. The van der Waals surface area contributed by atoms with Crippen LogP contribution in [0.2, 0.25) is 0 Å². The Hall–Kier alpha value is -2.88. The molecule has 3 aromatic rings. The summed E-state index contributed by atoms with van der Waals surface area (Å²) in [7, 11) is 0. The van der Waals surface area contributed by atoms with Gasteiger partial charge in [-0.3, -0.25) is 4.79 Å². The fourth-order valence-corrected chi connectivity index (χ4v) is 3.84. The number of nitrogens with zero attached hydrogens (tertiary/aromatic N) is 3. The molecule has 0 aliphatic carbocycles. The van der Waals surface area contributed by atoms with Crippen LogP contribution in [0.4, 0.5) is 5.69 Å². The van der Waals surface area contributed by atoms with E-state index in [0.29, 0.717) is 0 Å². The smallest absolute Gasteiger partial charge is 0.272 e. The lowest BCUT2D eigenvalue weighted by Crippen LogP contribution is -2.49. The van der Waals surface area contributed by atoms with Crippen LogP contribution in [0.5, 0.6) is 0 Å². The highest BCUT2D eigenvalue weighted by atomic mass is 16.2. The number of aromatic nitrogens is 2. The van der Waals surface area contributed by atoms with Crippen LogP contribution in [0.25, 0.3) is 17.2 Å². The lowest BCUT2D eigenvalue weighted by molar-refractivity contribution is -0.681. The maximum Gasteiger partial charge on any atom is 0.272 e. The van der Waals surface area contributed by atoms with E-state index in [9.17, 15) is 4.79 Å². The minimum absolute atomic E-state index is 0.120. The third-order valence-corrected chi connectivity index (χ3v) is 5.10. The van der Waals surface area contributed by atoms with E-state index in [0.717, 1.165) is 23.1 Å². The van der Waals surface area contributed by atoms with E-state index in [1.165, 1.54) is 5.56 Å². The first-order valence-corrected chi connectivity index (χ1v) is 8.66. The van der Waals surface area contributed by atoms with Crippen LogP contribution in [0.15, 0.2) is 61.4 Å². The van der Waals surface area contributed by atoms with Gasteiger partial charge in [-0.05, 0) is 44.0 Å². The van der Waals surface area contributed by atoms with Crippen molar-refractivity contribution in [1.29, 1.82) is 0 Å². The summed E-state index contributed by atoms with van der Waals surface area (Å²) in [4.78, 5) is 15.3. The second-order valence-electron chi connectivity index (χ2n) is 6.67. The van der Waals surface area contributed by atoms with Gasteiger partial charge in [-0.15, -0.1) is 0 Å². The minimum atomic E-state index is -0.292. The van der Waals surface area contributed by atoms with Crippen molar-refractivity contribution in [3.05, 3.63) is 67.0 Å². The molecule has 1 aliphatic heterocycles. The number of benzene rings is 2. The van der Waals surface area contributed by atoms with Crippen LogP contribution >= 0.6 is 0 Å². The molecule has 2 heterocycles. The van der Waals surface area contributed by atoms with Crippen LogP contribution in [-0.2, 0) is 11.2 Å². The van der Waals surface area contributed by atoms with Crippen molar-refractivity contribution in [2.45, 2.75) is 32.4 Å². The van der Waals surface area contributed by atoms with E-state index in [2.05, 4.69) is 19.6 Å². The van der Waals surface area contributed by atoms with Gasteiger partial charge in [-0.1, -0.05) is 36.9 Å². The molecule has 0 unspecified atom stereocenters. The predicted molar refractivity (Wildman–Crippen MR) is 100 cm³/mol. The molecule has 0 bridgehead atoms. The van der Waals surface area contributed by atoms with Gasteiger partial charge in [0, 0.05) is 11.7 Å². The predicted octanol–water partition coefficient (Wildman–Crippen LogP) is 3.57. The van der Waals surface area contributed by atoms with Crippen molar-refractivity contribution < 1.29 is 9.36 Å². The van der Waals surface area contributed by atoms with Crippen molar-refractivity contribution in [1.82, 2.24) is 4.57 Å². The lowest BCUT2D eigenvalue weighted by Gasteiger charge is -2.24. The molecule has 0 fully saturated rings. The van der Waals surface area contributed by atoms with E-state index in [1.54, 1.807) is 6.20 Å². The van der Waals surface area contributed by atoms with Gasteiger partial charge in [0.15, 0.2) is 17.1 Å². The normalized spacial score (nSPS) is 17.5. The van der Waals surface area contributed by atoms with E-state index in [-0.39, 0.29) is 18.0 Å². The number of amides is 1. The lowest BCUT2D eigenvalue weighted by atomic mass is 10.1. The molecule has 1 aliphatic rings. The summed E-state index contributed by atoms with van der Waals surface area (Å²) in [5, 5.41) is 0. The third kappa shape index (κ3) is 2.37. The van der Waals surface area contributed by atoms with Gasteiger partial charge in [0.05, 0.1) is 6.20 Å². The number of hydrogen-bond donors (Lipinski definition) is 0. The molecule has 0 spiro atoms. The SMILES string of the molecule is C=Cn1c[n+]([C@@H](C)C(=O)N2c3ccccc3C[C@@H]2C)c2ccccc21. The Kier molecular flexibility index (Phi) is 3.68. The van der Waals surface area contributed by atoms with Gasteiger partial charge in [0.1, 0.15) is 0 Å². The van der Waals surface area contributed by atoms with Crippen LogP contribution in [0.1, 0.15) is 25.5 Å². The molecule has 25 heavy (non-hydrogen) atoms. The van der Waals surface area contributed by atoms with Gasteiger partial charge in [0.25, 0.3) is 5.91 Å². The highest BCUT2D eigenvalue weighted by Crippen LogP contribution is 2.33. The molecular formula is C21H22N3O+. The van der Waals surface area contributed by atoms with Gasteiger partial charge in [-0.25, -0.2) is 9.13 Å². The summed E-state index contributed by atoms with van der Waals surface area (Å²) >= 11 is 0. The number of imidazole rings is 1. The molecule has 1 aromatic heterocycles. The van der Waals surface area contributed by atoms with Crippen molar-refractivity contribution in [2.75, 3.05) is 4.90 Å². The summed E-state index contributed by atoms with van der Waals surface area (Å²) in [6, 6.07) is 16.2. The molecule has 0 saturated heterocycles. The summed E-state index contributed by atoms with van der Waals surface area (Å²) in [6.45, 7) is 7.95. The highest BCUT2D eigenvalue weighted by Gasteiger charge is 2.36. The van der Waals surface area contributed by atoms with Gasteiger partial charge in [-0.2, -0.15) is 0 Å². The Morgan fingerprint density at radius 1 is 1.24 bits per heavy atom.